The summed E-state index contributed by atoms with van der Waals surface area (Å²) in [4.78, 5) is 15.2. The van der Waals surface area contributed by atoms with Gasteiger partial charge in [0.2, 0.25) is 0 Å². The molecule has 1 atom stereocenters. The minimum atomic E-state index is -0.197. The molecule has 3 heterocycles. The normalized spacial score (nSPS) is 23.5. The number of nitrogens with one attached hydrogen (secondary N) is 2. The van der Waals surface area contributed by atoms with Crippen molar-refractivity contribution >= 4 is 41.6 Å². The van der Waals surface area contributed by atoms with Crippen LogP contribution in [-0.4, -0.2) is 36.6 Å². The fraction of sp³-hybridized carbons (Fsp3) is 0.467. The summed E-state index contributed by atoms with van der Waals surface area (Å²) in [5.41, 5.74) is 5.10. The first-order valence-electron chi connectivity index (χ1n) is 7.34. The smallest absolute Gasteiger partial charge is 0.262 e. The van der Waals surface area contributed by atoms with Crippen molar-refractivity contribution in [2.45, 2.75) is 24.3 Å². The van der Waals surface area contributed by atoms with Crippen molar-refractivity contribution in [2.24, 2.45) is 11.0 Å². The van der Waals surface area contributed by atoms with E-state index in [2.05, 4.69) is 38.9 Å². The highest BCUT2D eigenvalue weighted by Crippen LogP contribution is 2.38. The van der Waals surface area contributed by atoms with E-state index in [1.54, 1.807) is 11.8 Å². The molecule has 2 N–H and O–H groups in total. The lowest BCUT2D eigenvalue weighted by atomic mass is 9.94. The third kappa shape index (κ3) is 2.59. The summed E-state index contributed by atoms with van der Waals surface area (Å²) in [5.74, 6) is 2.46. The Hall–Kier alpha value is -1.24. The Morgan fingerprint density at radius 1 is 1.41 bits per heavy atom. The maximum absolute atomic E-state index is 11.9. The van der Waals surface area contributed by atoms with Gasteiger partial charge in [0.1, 0.15) is 11.9 Å². The van der Waals surface area contributed by atoms with Gasteiger partial charge in [0.25, 0.3) is 5.91 Å². The van der Waals surface area contributed by atoms with Crippen LogP contribution in [0.15, 0.2) is 28.2 Å². The van der Waals surface area contributed by atoms with Crippen molar-refractivity contribution in [3.63, 3.8) is 0 Å². The van der Waals surface area contributed by atoms with E-state index in [-0.39, 0.29) is 24.4 Å². The van der Waals surface area contributed by atoms with Gasteiger partial charge in [0.15, 0.2) is 0 Å². The van der Waals surface area contributed by atoms with Crippen LogP contribution in [0.4, 0.5) is 5.69 Å². The van der Waals surface area contributed by atoms with Crippen molar-refractivity contribution in [2.75, 3.05) is 23.7 Å². The van der Waals surface area contributed by atoms with Gasteiger partial charge in [-0.3, -0.25) is 4.79 Å². The lowest BCUT2D eigenvalue weighted by Crippen LogP contribution is -2.54. The molecule has 0 bridgehead atoms. The zero-order chi connectivity index (χ0) is 14.4. The van der Waals surface area contributed by atoms with Gasteiger partial charge in [-0.2, -0.15) is 5.10 Å². The molecule has 3 aliphatic rings. The van der Waals surface area contributed by atoms with Gasteiger partial charge >= 0.3 is 0 Å². The van der Waals surface area contributed by atoms with Crippen LogP contribution in [0, 0.1) is 5.92 Å². The van der Waals surface area contributed by atoms with Gasteiger partial charge in [-0.05, 0) is 50.0 Å². The maximum atomic E-state index is 11.9. The number of carbonyl (C=O) groups is 1. The number of rotatable bonds is 2. The zero-order valence-electron chi connectivity index (χ0n) is 12.3. The Balaban J connectivity index is 0.00000144. The number of amides is 1. The first-order valence-corrected chi connectivity index (χ1v) is 8.33. The maximum Gasteiger partial charge on any atom is 0.262 e. The van der Waals surface area contributed by atoms with Crippen LogP contribution in [0.25, 0.3) is 0 Å². The summed E-state index contributed by atoms with van der Waals surface area (Å²) in [5, 5.41) is 7.53. The molecule has 1 unspecified atom stereocenters. The molecular weight excluding hydrogens is 320 g/mol. The van der Waals surface area contributed by atoms with Crippen LogP contribution < -0.4 is 15.6 Å². The monoisotopic (exact) mass is 338 g/mol. The number of thioether (sulfide) groups is 1. The zero-order valence-corrected chi connectivity index (χ0v) is 14.0. The number of fused-ring (bicyclic) bond motifs is 3. The van der Waals surface area contributed by atoms with Crippen molar-refractivity contribution in [1.82, 2.24) is 10.7 Å². The Bertz CT molecular complexity index is 632. The second kappa shape index (κ2) is 6.10. The molecule has 1 aromatic rings. The van der Waals surface area contributed by atoms with Crippen molar-refractivity contribution in [3.8, 4) is 0 Å². The second-order valence-corrected chi connectivity index (χ2v) is 6.89. The van der Waals surface area contributed by atoms with Crippen molar-refractivity contribution < 1.29 is 4.79 Å². The quantitative estimate of drug-likeness (QED) is 0.860. The van der Waals surface area contributed by atoms with Gasteiger partial charge in [-0.15, -0.1) is 24.2 Å². The van der Waals surface area contributed by atoms with Crippen LogP contribution in [0.5, 0.6) is 0 Å². The van der Waals surface area contributed by atoms with Crippen molar-refractivity contribution in [3.05, 3.63) is 23.8 Å². The Kier molecular flexibility index (Phi) is 4.34. The number of hydrogen-bond acceptors (Lipinski definition) is 5. The molecule has 3 aliphatic heterocycles. The summed E-state index contributed by atoms with van der Waals surface area (Å²) in [6.45, 7) is 4.16. The van der Waals surface area contributed by atoms with Gasteiger partial charge in [0.05, 0.1) is 11.4 Å². The molecule has 22 heavy (non-hydrogen) atoms. The number of halogens is 1. The number of carbonyl (C=O) groups excluding carboxylic acids is 1. The minimum Gasteiger partial charge on any atom is -0.316 e. The van der Waals surface area contributed by atoms with E-state index in [1.807, 2.05) is 6.92 Å². The van der Waals surface area contributed by atoms with E-state index < -0.39 is 0 Å². The molecule has 118 valence electrons. The molecule has 0 saturated carbocycles. The molecule has 0 spiro atoms. The molecule has 1 fully saturated rings. The van der Waals surface area contributed by atoms with E-state index in [0.29, 0.717) is 0 Å². The predicted octanol–water partition coefficient (Wildman–Crippen LogP) is 1.61. The highest BCUT2D eigenvalue weighted by atomic mass is 35.5. The SMILES string of the molecule is CC1C(=O)NN=C2CSc3ccc(CC4CNC4)cc3N21.Cl. The van der Waals surface area contributed by atoms with Crippen LogP contribution in [-0.2, 0) is 11.2 Å². The summed E-state index contributed by atoms with van der Waals surface area (Å²) in [7, 11) is 0. The highest BCUT2D eigenvalue weighted by Gasteiger charge is 2.34. The number of nitrogens with zero attached hydrogens (tertiary/aromatic N) is 2. The summed E-state index contributed by atoms with van der Waals surface area (Å²) >= 11 is 1.79. The highest BCUT2D eigenvalue weighted by molar-refractivity contribution is 8.00. The average molecular weight is 339 g/mol. The third-order valence-electron chi connectivity index (χ3n) is 4.37. The fourth-order valence-electron chi connectivity index (χ4n) is 3.03. The lowest BCUT2D eigenvalue weighted by Gasteiger charge is -2.38. The number of benzene rings is 1. The lowest BCUT2D eigenvalue weighted by molar-refractivity contribution is -0.122. The van der Waals surface area contributed by atoms with Gasteiger partial charge < -0.3 is 10.2 Å². The molecule has 1 aromatic carbocycles. The van der Waals surface area contributed by atoms with Crippen LogP contribution in [0.2, 0.25) is 0 Å². The Labute approximate surface area is 140 Å². The van der Waals surface area contributed by atoms with E-state index in [4.69, 9.17) is 0 Å². The van der Waals surface area contributed by atoms with E-state index in [0.717, 1.165) is 42.7 Å². The molecule has 7 heteroatoms. The first-order chi connectivity index (χ1) is 10.2. The van der Waals surface area contributed by atoms with E-state index >= 15 is 0 Å². The standard InChI is InChI=1S/C15H18N4OS.ClH/c1-9-15(20)18-17-14-8-21-13-3-2-10(4-11-6-16-7-11)5-12(13)19(9)14;/h2-3,5,9,11,16H,4,6-8H2,1H3,(H,18,20);1H. The first kappa shape index (κ1) is 15.6. The van der Waals surface area contributed by atoms with Crippen LogP contribution >= 0.6 is 24.2 Å². The molecule has 5 nitrogen and oxygen atoms in total. The molecule has 1 amide bonds. The second-order valence-electron chi connectivity index (χ2n) is 5.87. The minimum absolute atomic E-state index is 0. The number of anilines is 1. The largest absolute Gasteiger partial charge is 0.316 e. The summed E-state index contributed by atoms with van der Waals surface area (Å²) < 4.78 is 0. The summed E-state index contributed by atoms with van der Waals surface area (Å²) in [6.07, 6.45) is 1.10. The van der Waals surface area contributed by atoms with Gasteiger partial charge in [-0.1, -0.05) is 6.07 Å². The van der Waals surface area contributed by atoms with Crippen molar-refractivity contribution in [1.29, 1.82) is 0 Å². The van der Waals surface area contributed by atoms with E-state index in [9.17, 15) is 4.79 Å². The van der Waals surface area contributed by atoms with E-state index in [1.165, 1.54) is 10.5 Å². The molecule has 0 aromatic heterocycles. The Morgan fingerprint density at radius 3 is 2.95 bits per heavy atom. The number of hydrazone groups is 1. The number of amidine groups is 1. The molecular formula is C15H19ClN4OS. The molecule has 0 aliphatic carbocycles. The average Bonchev–Trinajstić information content (AvgIpc) is 2.46. The van der Waals surface area contributed by atoms with Gasteiger partial charge in [-0.25, -0.2) is 5.43 Å². The molecule has 0 radical (unpaired) electrons. The molecule has 4 rings (SSSR count). The topological polar surface area (TPSA) is 56.7 Å². The third-order valence-corrected chi connectivity index (χ3v) is 5.43. The molecule has 1 saturated heterocycles. The fourth-order valence-corrected chi connectivity index (χ4v) is 3.98. The van der Waals surface area contributed by atoms with Crippen LogP contribution in [0.1, 0.15) is 12.5 Å². The van der Waals surface area contributed by atoms with Gasteiger partial charge in [0, 0.05) is 4.90 Å². The summed E-state index contributed by atoms with van der Waals surface area (Å²) in [6, 6.07) is 6.46. The number of hydrogen-bond donors (Lipinski definition) is 2. The predicted molar refractivity (Wildman–Crippen MR) is 92.0 cm³/mol. The van der Waals surface area contributed by atoms with Crippen LogP contribution in [0.3, 0.4) is 0 Å². The Morgan fingerprint density at radius 2 is 2.23 bits per heavy atom.